The molecule has 1 saturated heterocycles. The van der Waals surface area contributed by atoms with Crippen LogP contribution in [0.1, 0.15) is 10.4 Å². The molecule has 0 radical (unpaired) electrons. The zero-order valence-corrected chi connectivity index (χ0v) is 11.7. The van der Waals surface area contributed by atoms with Crippen molar-refractivity contribution in [3.05, 3.63) is 33.8 Å². The SMILES string of the molecule is CN1CC(CNC(=O)c2ccc(Cl)cc2Cl)OC1=O. The number of carbonyl (C=O) groups excluding carboxylic acids is 2. The first-order chi connectivity index (χ1) is 8.97. The van der Waals surface area contributed by atoms with E-state index in [0.717, 1.165) is 0 Å². The molecular formula is C12H12Cl2N2O3. The lowest BCUT2D eigenvalue weighted by atomic mass is 10.2. The predicted molar refractivity (Wildman–Crippen MR) is 71.7 cm³/mol. The van der Waals surface area contributed by atoms with Gasteiger partial charge in [-0.2, -0.15) is 0 Å². The smallest absolute Gasteiger partial charge is 0.410 e. The number of halogens is 2. The second kappa shape index (κ2) is 5.67. The quantitative estimate of drug-likeness (QED) is 0.931. The molecule has 19 heavy (non-hydrogen) atoms. The average Bonchev–Trinajstić information content (AvgIpc) is 2.66. The molecule has 1 atom stereocenters. The highest BCUT2D eigenvalue weighted by Crippen LogP contribution is 2.20. The summed E-state index contributed by atoms with van der Waals surface area (Å²) in [5, 5.41) is 3.42. The number of rotatable bonds is 3. The predicted octanol–water partition coefficient (Wildman–Crippen LogP) is 2.17. The topological polar surface area (TPSA) is 58.6 Å². The molecule has 2 rings (SSSR count). The lowest BCUT2D eigenvalue weighted by Gasteiger charge is -2.10. The van der Waals surface area contributed by atoms with E-state index in [4.69, 9.17) is 27.9 Å². The molecule has 1 aromatic rings. The molecule has 2 amide bonds. The number of nitrogens with zero attached hydrogens (tertiary/aromatic N) is 1. The maximum Gasteiger partial charge on any atom is 0.410 e. The molecule has 102 valence electrons. The van der Waals surface area contributed by atoms with Gasteiger partial charge < -0.3 is 15.0 Å². The maximum atomic E-state index is 11.9. The number of hydrogen-bond donors (Lipinski definition) is 1. The molecule has 0 aliphatic carbocycles. The van der Waals surface area contributed by atoms with Crippen LogP contribution < -0.4 is 5.32 Å². The Morgan fingerprint density at radius 2 is 2.26 bits per heavy atom. The molecule has 1 aromatic carbocycles. The summed E-state index contributed by atoms with van der Waals surface area (Å²) in [5.74, 6) is -0.327. The number of cyclic esters (lactones) is 1. The Morgan fingerprint density at radius 3 is 2.84 bits per heavy atom. The second-order valence-corrected chi connectivity index (χ2v) is 5.06. The Labute approximate surface area is 120 Å². The van der Waals surface area contributed by atoms with Crippen molar-refractivity contribution in [2.45, 2.75) is 6.10 Å². The van der Waals surface area contributed by atoms with Gasteiger partial charge in [0.25, 0.3) is 5.91 Å². The van der Waals surface area contributed by atoms with Crippen molar-refractivity contribution in [3.8, 4) is 0 Å². The molecule has 0 spiro atoms. The Balaban J connectivity index is 1.93. The lowest BCUT2D eigenvalue weighted by Crippen LogP contribution is -2.34. The van der Waals surface area contributed by atoms with Crippen LogP contribution in [0.15, 0.2) is 18.2 Å². The van der Waals surface area contributed by atoms with Crippen LogP contribution in [0.4, 0.5) is 4.79 Å². The molecular weight excluding hydrogens is 291 g/mol. The molecule has 7 heteroatoms. The van der Waals surface area contributed by atoms with Crippen molar-refractivity contribution in [2.24, 2.45) is 0 Å². The summed E-state index contributed by atoms with van der Waals surface area (Å²) in [6, 6.07) is 4.64. The van der Waals surface area contributed by atoms with Crippen LogP contribution in [0.3, 0.4) is 0 Å². The van der Waals surface area contributed by atoms with E-state index in [1.807, 2.05) is 0 Å². The van der Waals surface area contributed by atoms with Crippen LogP contribution in [0.25, 0.3) is 0 Å². The first-order valence-electron chi connectivity index (χ1n) is 5.62. The minimum absolute atomic E-state index is 0.244. The van der Waals surface area contributed by atoms with E-state index >= 15 is 0 Å². The average molecular weight is 303 g/mol. The molecule has 0 bridgehead atoms. The van der Waals surface area contributed by atoms with Crippen LogP contribution in [0, 0.1) is 0 Å². The third-order valence-corrected chi connectivity index (χ3v) is 3.27. The van der Waals surface area contributed by atoms with Crippen molar-refractivity contribution >= 4 is 35.2 Å². The summed E-state index contributed by atoms with van der Waals surface area (Å²) in [5.41, 5.74) is 0.337. The fourth-order valence-electron chi connectivity index (χ4n) is 1.73. The van der Waals surface area contributed by atoms with Gasteiger partial charge in [-0.3, -0.25) is 4.79 Å². The van der Waals surface area contributed by atoms with E-state index in [1.54, 1.807) is 19.2 Å². The van der Waals surface area contributed by atoms with E-state index in [-0.39, 0.29) is 29.7 Å². The van der Waals surface area contributed by atoms with Gasteiger partial charge in [-0.15, -0.1) is 0 Å². The van der Waals surface area contributed by atoms with Crippen molar-refractivity contribution in [2.75, 3.05) is 20.1 Å². The van der Waals surface area contributed by atoms with Crippen molar-refractivity contribution in [3.63, 3.8) is 0 Å². The number of benzene rings is 1. The largest absolute Gasteiger partial charge is 0.442 e. The van der Waals surface area contributed by atoms with Gasteiger partial charge in [-0.1, -0.05) is 23.2 Å². The van der Waals surface area contributed by atoms with Crippen LogP contribution in [0.5, 0.6) is 0 Å². The number of carbonyl (C=O) groups is 2. The molecule has 1 unspecified atom stereocenters. The summed E-state index contributed by atoms with van der Waals surface area (Å²) in [4.78, 5) is 24.5. The van der Waals surface area contributed by atoms with Gasteiger partial charge >= 0.3 is 6.09 Å². The first kappa shape index (κ1) is 14.0. The number of amides is 2. The monoisotopic (exact) mass is 302 g/mol. The molecule has 1 heterocycles. The lowest BCUT2D eigenvalue weighted by molar-refractivity contribution is 0.0915. The Bertz CT molecular complexity index is 522. The van der Waals surface area contributed by atoms with Crippen LogP contribution >= 0.6 is 23.2 Å². The van der Waals surface area contributed by atoms with E-state index in [1.165, 1.54) is 11.0 Å². The summed E-state index contributed by atoms with van der Waals surface area (Å²) in [6.45, 7) is 0.696. The molecule has 5 nitrogen and oxygen atoms in total. The number of ether oxygens (including phenoxy) is 1. The van der Waals surface area contributed by atoms with Crippen molar-refractivity contribution < 1.29 is 14.3 Å². The summed E-state index contributed by atoms with van der Waals surface area (Å²) < 4.78 is 5.03. The van der Waals surface area contributed by atoms with E-state index in [0.29, 0.717) is 17.1 Å². The molecule has 0 saturated carbocycles. The summed E-state index contributed by atoms with van der Waals surface area (Å²) in [7, 11) is 1.64. The zero-order valence-electron chi connectivity index (χ0n) is 10.2. The number of likely N-dealkylation sites (N-methyl/N-ethyl adjacent to an activating group) is 1. The third kappa shape index (κ3) is 3.30. The van der Waals surface area contributed by atoms with Crippen LogP contribution in [-0.2, 0) is 4.74 Å². The van der Waals surface area contributed by atoms with Crippen molar-refractivity contribution in [1.29, 1.82) is 0 Å². The molecule has 1 fully saturated rings. The summed E-state index contributed by atoms with van der Waals surface area (Å²) in [6.07, 6.45) is -0.726. The molecule has 0 aromatic heterocycles. The molecule has 1 aliphatic heterocycles. The number of hydrogen-bond acceptors (Lipinski definition) is 3. The first-order valence-corrected chi connectivity index (χ1v) is 6.38. The van der Waals surface area contributed by atoms with Crippen LogP contribution in [-0.4, -0.2) is 43.1 Å². The normalized spacial score (nSPS) is 18.4. The van der Waals surface area contributed by atoms with Gasteiger partial charge in [0, 0.05) is 12.1 Å². The highest BCUT2D eigenvalue weighted by atomic mass is 35.5. The fourth-order valence-corrected chi connectivity index (χ4v) is 2.23. The van der Waals surface area contributed by atoms with E-state index in [2.05, 4.69) is 5.32 Å². The minimum Gasteiger partial charge on any atom is -0.442 e. The maximum absolute atomic E-state index is 11.9. The summed E-state index contributed by atoms with van der Waals surface area (Å²) >= 11 is 11.7. The number of nitrogens with one attached hydrogen (secondary N) is 1. The fraction of sp³-hybridized carbons (Fsp3) is 0.333. The van der Waals surface area contributed by atoms with Gasteiger partial charge in [0.1, 0.15) is 6.10 Å². The van der Waals surface area contributed by atoms with Crippen LogP contribution in [0.2, 0.25) is 10.0 Å². The standard InChI is InChI=1S/C12H12Cl2N2O3/c1-16-6-8(19-12(16)18)5-15-11(17)9-3-2-7(13)4-10(9)14/h2-4,8H,5-6H2,1H3,(H,15,17). The van der Waals surface area contributed by atoms with Gasteiger partial charge in [0.05, 0.1) is 23.7 Å². The van der Waals surface area contributed by atoms with Gasteiger partial charge in [-0.25, -0.2) is 4.79 Å². The zero-order chi connectivity index (χ0) is 14.0. The molecule has 1 aliphatic rings. The minimum atomic E-state index is -0.385. The van der Waals surface area contributed by atoms with Gasteiger partial charge in [0.15, 0.2) is 0 Å². The van der Waals surface area contributed by atoms with Gasteiger partial charge in [0.2, 0.25) is 0 Å². The Morgan fingerprint density at radius 1 is 1.53 bits per heavy atom. The van der Waals surface area contributed by atoms with Crippen molar-refractivity contribution in [1.82, 2.24) is 10.2 Å². The highest BCUT2D eigenvalue weighted by molar-refractivity contribution is 6.36. The Kier molecular flexibility index (Phi) is 4.17. The second-order valence-electron chi connectivity index (χ2n) is 4.22. The molecule has 1 N–H and O–H groups in total. The third-order valence-electron chi connectivity index (χ3n) is 2.72. The Hall–Kier alpha value is -1.46. The van der Waals surface area contributed by atoms with E-state index in [9.17, 15) is 9.59 Å². The highest BCUT2D eigenvalue weighted by Gasteiger charge is 2.28. The van der Waals surface area contributed by atoms with E-state index < -0.39 is 0 Å². The van der Waals surface area contributed by atoms with Gasteiger partial charge in [-0.05, 0) is 18.2 Å².